The molecule has 2 N–H and O–H groups in total. The van der Waals surface area contributed by atoms with Crippen molar-refractivity contribution in [3.8, 4) is 11.4 Å². The molecule has 1 heterocycles. The molecule has 3 nitrogen and oxygen atoms in total. The van der Waals surface area contributed by atoms with Crippen LogP contribution in [0.2, 0.25) is 10.0 Å². The lowest BCUT2D eigenvalue weighted by Gasteiger charge is -2.11. The zero-order valence-corrected chi connectivity index (χ0v) is 12.4. The molecule has 0 saturated carbocycles. The minimum atomic E-state index is 0.462. The highest BCUT2D eigenvalue weighted by Gasteiger charge is 2.18. The van der Waals surface area contributed by atoms with Crippen molar-refractivity contribution in [1.29, 1.82) is 0 Å². The van der Waals surface area contributed by atoms with Crippen LogP contribution in [0.4, 0.5) is 5.69 Å². The van der Waals surface area contributed by atoms with E-state index in [0.717, 1.165) is 23.4 Å². The number of benzene rings is 2. The number of nitrogens with two attached hydrogens (primary N) is 1. The molecule has 102 valence electrons. The van der Waals surface area contributed by atoms with E-state index in [-0.39, 0.29) is 0 Å². The van der Waals surface area contributed by atoms with Crippen LogP contribution in [-0.4, -0.2) is 9.55 Å². The molecule has 0 unspecified atom stereocenters. The Bertz CT molecular complexity index is 793. The topological polar surface area (TPSA) is 43.8 Å². The molecule has 0 amide bonds. The largest absolute Gasteiger partial charge is 0.397 e. The van der Waals surface area contributed by atoms with Gasteiger partial charge in [-0.1, -0.05) is 35.3 Å². The fourth-order valence-electron chi connectivity index (χ4n) is 2.38. The average molecular weight is 306 g/mol. The van der Waals surface area contributed by atoms with E-state index in [1.165, 1.54) is 0 Å². The van der Waals surface area contributed by atoms with E-state index < -0.39 is 0 Å². The Kier molecular flexibility index (Phi) is 3.32. The van der Waals surface area contributed by atoms with Crippen molar-refractivity contribution in [3.63, 3.8) is 0 Å². The number of fused-ring (bicyclic) bond motifs is 1. The Hall–Kier alpha value is -1.71. The van der Waals surface area contributed by atoms with Gasteiger partial charge in [0.1, 0.15) is 5.82 Å². The summed E-state index contributed by atoms with van der Waals surface area (Å²) in [6.07, 6.45) is 0. The van der Waals surface area contributed by atoms with Gasteiger partial charge in [-0.25, -0.2) is 4.98 Å². The third-order valence-electron chi connectivity index (χ3n) is 3.34. The van der Waals surface area contributed by atoms with Crippen molar-refractivity contribution in [3.05, 3.63) is 46.4 Å². The zero-order valence-electron chi connectivity index (χ0n) is 10.9. The molecule has 3 aromatic rings. The van der Waals surface area contributed by atoms with Gasteiger partial charge in [-0.2, -0.15) is 0 Å². The summed E-state index contributed by atoms with van der Waals surface area (Å²) in [5.74, 6) is 0.749. The van der Waals surface area contributed by atoms with Crippen molar-refractivity contribution in [1.82, 2.24) is 9.55 Å². The third-order valence-corrected chi connectivity index (χ3v) is 3.98. The van der Waals surface area contributed by atoms with Crippen molar-refractivity contribution >= 4 is 39.9 Å². The molecular weight excluding hydrogens is 293 g/mol. The van der Waals surface area contributed by atoms with Gasteiger partial charge in [0.25, 0.3) is 0 Å². The molecular formula is C15H13Cl2N3. The number of para-hydroxylation sites is 2. The van der Waals surface area contributed by atoms with Gasteiger partial charge in [0.15, 0.2) is 0 Å². The second kappa shape index (κ2) is 5.00. The van der Waals surface area contributed by atoms with Crippen LogP contribution in [0.5, 0.6) is 0 Å². The number of hydrogen-bond acceptors (Lipinski definition) is 2. The Balaban J connectivity index is 2.38. The Morgan fingerprint density at radius 1 is 1.10 bits per heavy atom. The third kappa shape index (κ3) is 1.94. The number of hydrogen-bond donors (Lipinski definition) is 1. The van der Waals surface area contributed by atoms with Gasteiger partial charge in [0, 0.05) is 6.54 Å². The number of rotatable bonds is 2. The molecule has 0 radical (unpaired) electrons. The van der Waals surface area contributed by atoms with E-state index in [2.05, 4.69) is 16.5 Å². The summed E-state index contributed by atoms with van der Waals surface area (Å²) in [6, 6.07) is 11.4. The minimum absolute atomic E-state index is 0.462. The first kappa shape index (κ1) is 13.3. The van der Waals surface area contributed by atoms with Crippen LogP contribution in [0.15, 0.2) is 36.4 Å². The summed E-state index contributed by atoms with van der Waals surface area (Å²) >= 11 is 12.4. The average Bonchev–Trinajstić information content (AvgIpc) is 2.81. The quantitative estimate of drug-likeness (QED) is 0.702. The van der Waals surface area contributed by atoms with Gasteiger partial charge in [0.2, 0.25) is 0 Å². The molecule has 20 heavy (non-hydrogen) atoms. The van der Waals surface area contributed by atoms with Crippen LogP contribution in [-0.2, 0) is 6.54 Å². The van der Waals surface area contributed by atoms with Gasteiger partial charge in [-0.3, -0.25) is 0 Å². The summed E-state index contributed by atoms with van der Waals surface area (Å²) in [4.78, 5) is 4.66. The Morgan fingerprint density at radius 2 is 1.80 bits per heavy atom. The van der Waals surface area contributed by atoms with Crippen molar-refractivity contribution in [2.24, 2.45) is 0 Å². The fourth-order valence-corrected chi connectivity index (χ4v) is 2.79. The fraction of sp³-hybridized carbons (Fsp3) is 0.133. The molecule has 0 saturated heterocycles. The Labute approximate surface area is 126 Å². The molecule has 0 fully saturated rings. The number of aromatic nitrogens is 2. The van der Waals surface area contributed by atoms with Crippen LogP contribution in [0, 0.1) is 0 Å². The monoisotopic (exact) mass is 305 g/mol. The summed E-state index contributed by atoms with van der Waals surface area (Å²) < 4.78 is 2.09. The van der Waals surface area contributed by atoms with Gasteiger partial charge >= 0.3 is 0 Å². The normalized spacial score (nSPS) is 11.2. The second-order valence-electron chi connectivity index (χ2n) is 4.49. The van der Waals surface area contributed by atoms with Crippen LogP contribution in [0.3, 0.4) is 0 Å². The summed E-state index contributed by atoms with van der Waals surface area (Å²) in [7, 11) is 0. The van der Waals surface area contributed by atoms with E-state index in [1.807, 2.05) is 24.3 Å². The predicted octanol–water partition coefficient (Wildman–Crippen LogP) is 4.61. The lowest BCUT2D eigenvalue weighted by molar-refractivity contribution is 0.796. The van der Waals surface area contributed by atoms with Gasteiger partial charge in [0.05, 0.1) is 32.3 Å². The van der Waals surface area contributed by atoms with Crippen molar-refractivity contribution in [2.75, 3.05) is 5.73 Å². The number of imidazole rings is 1. The van der Waals surface area contributed by atoms with Gasteiger partial charge < -0.3 is 10.3 Å². The van der Waals surface area contributed by atoms with Crippen molar-refractivity contribution in [2.45, 2.75) is 13.5 Å². The standard InChI is InChI=1S/C15H13Cl2N3/c1-2-20-12-6-4-3-5-11(12)19-15(20)13-9(16)7-8-10(17)14(13)18/h3-8H,2,18H2,1H3. The number of nitrogens with zero attached hydrogens (tertiary/aromatic N) is 2. The molecule has 2 aromatic carbocycles. The highest BCUT2D eigenvalue weighted by Crippen LogP contribution is 2.38. The summed E-state index contributed by atoms with van der Waals surface area (Å²) in [5.41, 5.74) is 9.22. The lowest BCUT2D eigenvalue weighted by atomic mass is 10.1. The molecule has 0 aliphatic carbocycles. The maximum atomic E-state index is 6.30. The maximum absolute atomic E-state index is 6.30. The molecule has 1 aromatic heterocycles. The molecule has 0 aliphatic heterocycles. The van der Waals surface area contributed by atoms with E-state index >= 15 is 0 Å². The van der Waals surface area contributed by atoms with Crippen LogP contribution >= 0.6 is 23.2 Å². The molecule has 0 bridgehead atoms. The first-order valence-corrected chi connectivity index (χ1v) is 7.08. The first-order chi connectivity index (χ1) is 9.63. The summed E-state index contributed by atoms with van der Waals surface area (Å²) in [5, 5.41) is 1.04. The molecule has 3 rings (SSSR count). The van der Waals surface area contributed by atoms with E-state index in [1.54, 1.807) is 12.1 Å². The second-order valence-corrected chi connectivity index (χ2v) is 5.30. The molecule has 0 aliphatic rings. The lowest BCUT2D eigenvalue weighted by Crippen LogP contribution is -2.01. The maximum Gasteiger partial charge on any atom is 0.144 e. The number of nitrogen functional groups attached to an aromatic ring is 1. The SMILES string of the molecule is CCn1c(-c2c(Cl)ccc(Cl)c2N)nc2ccccc21. The highest BCUT2D eigenvalue weighted by molar-refractivity contribution is 6.37. The van der Waals surface area contributed by atoms with Crippen molar-refractivity contribution < 1.29 is 0 Å². The highest BCUT2D eigenvalue weighted by atomic mass is 35.5. The Morgan fingerprint density at radius 3 is 2.55 bits per heavy atom. The smallest absolute Gasteiger partial charge is 0.144 e. The number of anilines is 1. The molecule has 0 spiro atoms. The van der Waals surface area contributed by atoms with E-state index in [0.29, 0.717) is 21.3 Å². The summed E-state index contributed by atoms with van der Waals surface area (Å²) in [6.45, 7) is 2.84. The van der Waals surface area contributed by atoms with Crippen LogP contribution in [0.25, 0.3) is 22.4 Å². The number of aryl methyl sites for hydroxylation is 1. The molecule has 5 heteroatoms. The van der Waals surface area contributed by atoms with Gasteiger partial charge in [-0.15, -0.1) is 0 Å². The molecule has 0 atom stereocenters. The van der Waals surface area contributed by atoms with Crippen LogP contribution in [0.1, 0.15) is 6.92 Å². The first-order valence-electron chi connectivity index (χ1n) is 6.32. The predicted molar refractivity (Wildman–Crippen MR) is 85.3 cm³/mol. The van der Waals surface area contributed by atoms with E-state index in [9.17, 15) is 0 Å². The zero-order chi connectivity index (χ0) is 14.3. The van der Waals surface area contributed by atoms with E-state index in [4.69, 9.17) is 28.9 Å². The van der Waals surface area contributed by atoms with Gasteiger partial charge in [-0.05, 0) is 31.2 Å². The number of halogens is 2. The minimum Gasteiger partial charge on any atom is -0.397 e. The van der Waals surface area contributed by atoms with Crippen LogP contribution < -0.4 is 5.73 Å².